The third-order valence-corrected chi connectivity index (χ3v) is 10.5. The second-order valence-electron chi connectivity index (χ2n) is 12.6. The molecule has 6 atom stereocenters. The zero-order valence-corrected chi connectivity index (χ0v) is 25.8. The number of allylic oxidation sites excluding steroid dienone is 2. The van der Waals surface area contributed by atoms with Gasteiger partial charge in [-0.05, 0) is 55.5 Å². The van der Waals surface area contributed by atoms with Crippen molar-refractivity contribution in [3.05, 3.63) is 96.1 Å². The average molecular weight is 619 g/mol. The fraction of sp³-hybridized carbons (Fsp3) is 0.297. The number of carbonyl (C=O) groups is 4. The number of fused-ring (bicyclic) bond motifs is 4. The first kappa shape index (κ1) is 29.5. The molecule has 4 aliphatic rings. The van der Waals surface area contributed by atoms with E-state index in [4.69, 9.17) is 9.47 Å². The molecule has 4 amide bonds. The number of phenols is 1. The van der Waals surface area contributed by atoms with Crippen LogP contribution in [0.15, 0.2) is 85.0 Å². The lowest BCUT2D eigenvalue weighted by Crippen LogP contribution is -2.49. The van der Waals surface area contributed by atoms with Crippen LogP contribution in [0.1, 0.15) is 36.8 Å². The number of nitrogens with zero attached hydrogens (tertiary/aromatic N) is 2. The predicted octanol–water partition coefficient (Wildman–Crippen LogP) is 5.49. The Hall–Kier alpha value is -5.18. The molecular formula is C37H34N2O7. The van der Waals surface area contributed by atoms with Gasteiger partial charge in [0.1, 0.15) is 17.2 Å². The molecular weight excluding hydrogens is 584 g/mol. The van der Waals surface area contributed by atoms with Crippen molar-refractivity contribution >= 4 is 41.1 Å². The topological polar surface area (TPSA) is 113 Å². The minimum Gasteiger partial charge on any atom is -0.507 e. The zero-order valence-electron chi connectivity index (χ0n) is 25.8. The molecule has 3 fully saturated rings. The molecule has 2 saturated heterocycles. The molecule has 2 heterocycles. The summed E-state index contributed by atoms with van der Waals surface area (Å²) in [6.07, 6.45) is 4.12. The number of ether oxygens (including phenoxy) is 2. The summed E-state index contributed by atoms with van der Waals surface area (Å²) >= 11 is 0. The zero-order chi connectivity index (χ0) is 32.5. The molecule has 7 rings (SSSR count). The summed E-state index contributed by atoms with van der Waals surface area (Å²) in [5, 5.41) is 11.5. The number of rotatable bonds is 6. The average Bonchev–Trinajstić information content (AvgIpc) is 3.44. The van der Waals surface area contributed by atoms with E-state index in [9.17, 15) is 24.3 Å². The largest absolute Gasteiger partial charge is 0.507 e. The maximum absolute atomic E-state index is 14.6. The molecule has 234 valence electrons. The summed E-state index contributed by atoms with van der Waals surface area (Å²) in [7, 11) is 2.94. The summed E-state index contributed by atoms with van der Waals surface area (Å²) in [5.74, 6) is -4.42. The fourth-order valence-corrected chi connectivity index (χ4v) is 8.32. The van der Waals surface area contributed by atoms with Gasteiger partial charge >= 0.3 is 0 Å². The third-order valence-electron chi connectivity index (χ3n) is 10.5. The highest BCUT2D eigenvalue weighted by Crippen LogP contribution is 2.65. The number of hydrogen-bond donors (Lipinski definition) is 1. The highest BCUT2D eigenvalue weighted by Gasteiger charge is 2.68. The normalized spacial score (nSPS) is 28.4. The van der Waals surface area contributed by atoms with Crippen molar-refractivity contribution < 1.29 is 33.8 Å². The van der Waals surface area contributed by atoms with Crippen LogP contribution in [0.4, 0.5) is 11.4 Å². The molecule has 3 aromatic rings. The molecule has 3 aromatic carbocycles. The smallest absolute Gasteiger partial charge is 0.241 e. The number of imide groups is 2. The highest BCUT2D eigenvalue weighted by atomic mass is 16.5. The minimum absolute atomic E-state index is 0.152. The van der Waals surface area contributed by atoms with Crippen molar-refractivity contribution in [2.24, 2.45) is 29.1 Å². The molecule has 9 heteroatoms. The number of methoxy groups -OCH3 is 2. The molecule has 0 radical (unpaired) electrons. The maximum atomic E-state index is 14.6. The van der Waals surface area contributed by atoms with E-state index in [1.54, 1.807) is 67.6 Å². The summed E-state index contributed by atoms with van der Waals surface area (Å²) in [6, 6.07) is 18.9. The first-order chi connectivity index (χ1) is 22.1. The molecule has 46 heavy (non-hydrogen) atoms. The van der Waals surface area contributed by atoms with Crippen LogP contribution in [0.2, 0.25) is 0 Å². The number of aromatic hydroxyl groups is 1. The van der Waals surface area contributed by atoms with Crippen molar-refractivity contribution in [3.63, 3.8) is 0 Å². The van der Waals surface area contributed by atoms with E-state index in [0.29, 0.717) is 28.4 Å². The van der Waals surface area contributed by atoms with Gasteiger partial charge in [-0.2, -0.15) is 0 Å². The van der Waals surface area contributed by atoms with Gasteiger partial charge in [-0.15, -0.1) is 0 Å². The number of phenolic OH excluding ortho intramolecular Hbond substituents is 1. The van der Waals surface area contributed by atoms with Gasteiger partial charge in [0.05, 0.1) is 48.8 Å². The molecule has 0 bridgehead atoms. The Morgan fingerprint density at radius 3 is 2.22 bits per heavy atom. The summed E-state index contributed by atoms with van der Waals surface area (Å²) in [5.41, 5.74) is 1.56. The van der Waals surface area contributed by atoms with E-state index < -0.39 is 40.9 Å². The van der Waals surface area contributed by atoms with Crippen molar-refractivity contribution in [1.82, 2.24) is 0 Å². The van der Waals surface area contributed by atoms with E-state index >= 15 is 0 Å². The van der Waals surface area contributed by atoms with Gasteiger partial charge in [0.25, 0.3) is 0 Å². The Kier molecular flexibility index (Phi) is 6.88. The monoisotopic (exact) mass is 618 g/mol. The van der Waals surface area contributed by atoms with Gasteiger partial charge in [0.2, 0.25) is 23.6 Å². The Balaban J connectivity index is 1.40. The van der Waals surface area contributed by atoms with Crippen LogP contribution in [0.25, 0.3) is 6.08 Å². The SMILES string of the molecule is C=Cc1ccc(N2C(=O)[C@H]3[C@H](CC=C4[C@H]3C[C@H]3C(=O)N(c5ccccc5)C(=O)[C@@]3(C)[C@H]4c3c(O)cc(OC)cc3OC)C2=O)cc1. The van der Waals surface area contributed by atoms with E-state index in [1.807, 2.05) is 12.1 Å². The number of benzene rings is 3. The number of amides is 4. The molecule has 9 nitrogen and oxygen atoms in total. The van der Waals surface area contributed by atoms with Crippen LogP contribution < -0.4 is 19.3 Å². The molecule has 2 aliphatic carbocycles. The number of hydrogen-bond acceptors (Lipinski definition) is 7. The maximum Gasteiger partial charge on any atom is 0.241 e. The third kappa shape index (κ3) is 4.00. The summed E-state index contributed by atoms with van der Waals surface area (Å²) < 4.78 is 11.2. The summed E-state index contributed by atoms with van der Waals surface area (Å²) in [4.78, 5) is 59.5. The van der Waals surface area contributed by atoms with Crippen LogP contribution in [0.3, 0.4) is 0 Å². The second-order valence-corrected chi connectivity index (χ2v) is 12.6. The highest BCUT2D eigenvalue weighted by molar-refractivity contribution is 6.25. The fourth-order valence-electron chi connectivity index (χ4n) is 8.32. The lowest BCUT2D eigenvalue weighted by Gasteiger charge is -2.49. The first-order valence-electron chi connectivity index (χ1n) is 15.3. The Morgan fingerprint density at radius 2 is 1.57 bits per heavy atom. The van der Waals surface area contributed by atoms with Gasteiger partial charge in [-0.1, -0.05) is 54.6 Å². The van der Waals surface area contributed by atoms with Crippen LogP contribution in [-0.4, -0.2) is 43.0 Å². The standard InChI is InChI=1S/C37H34N2O7/c1-5-20-11-13-22(14-12-20)38-33(41)25-16-15-24-26(30(25)35(38)43)19-27-34(42)39(21-9-7-6-8-10-21)36(44)37(27,2)32(24)31-28(40)17-23(45-3)18-29(31)46-4/h5-15,17-18,25-27,30,32,40H,1,16,19H2,2-4H3/t25-,26+,27-,30-,32+,37+/m0/s1. The predicted molar refractivity (Wildman–Crippen MR) is 171 cm³/mol. The molecule has 0 spiro atoms. The van der Waals surface area contributed by atoms with Crippen LogP contribution >= 0.6 is 0 Å². The Labute approximate surface area is 266 Å². The number of anilines is 2. The van der Waals surface area contributed by atoms with Crippen LogP contribution in [0, 0.1) is 29.1 Å². The van der Waals surface area contributed by atoms with Crippen LogP contribution in [-0.2, 0) is 19.2 Å². The van der Waals surface area contributed by atoms with Gasteiger partial charge in [-0.25, -0.2) is 4.90 Å². The van der Waals surface area contributed by atoms with Gasteiger partial charge in [0, 0.05) is 23.6 Å². The van der Waals surface area contributed by atoms with Gasteiger partial charge < -0.3 is 14.6 Å². The van der Waals surface area contributed by atoms with Crippen molar-refractivity contribution in [2.75, 3.05) is 24.0 Å². The molecule has 0 unspecified atom stereocenters. The Morgan fingerprint density at radius 1 is 0.870 bits per heavy atom. The van der Waals surface area contributed by atoms with E-state index in [0.717, 1.165) is 11.1 Å². The molecule has 0 aromatic heterocycles. The van der Waals surface area contributed by atoms with E-state index in [-0.39, 0.29) is 36.3 Å². The lowest BCUT2D eigenvalue weighted by atomic mass is 9.51. The van der Waals surface area contributed by atoms with E-state index in [2.05, 4.69) is 6.58 Å². The quantitative estimate of drug-likeness (QED) is 0.287. The van der Waals surface area contributed by atoms with Gasteiger partial charge in [0.15, 0.2) is 0 Å². The summed E-state index contributed by atoms with van der Waals surface area (Å²) in [6.45, 7) is 5.55. The molecule has 2 aliphatic heterocycles. The van der Waals surface area contributed by atoms with Crippen molar-refractivity contribution in [2.45, 2.75) is 25.7 Å². The molecule has 1 saturated carbocycles. The number of para-hydroxylation sites is 1. The Bertz CT molecular complexity index is 1830. The van der Waals surface area contributed by atoms with Crippen molar-refractivity contribution in [3.8, 4) is 17.2 Å². The first-order valence-corrected chi connectivity index (χ1v) is 15.3. The van der Waals surface area contributed by atoms with Crippen molar-refractivity contribution in [1.29, 1.82) is 0 Å². The molecule has 1 N–H and O–H groups in total. The van der Waals surface area contributed by atoms with Crippen LogP contribution in [0.5, 0.6) is 17.2 Å². The van der Waals surface area contributed by atoms with Gasteiger partial charge in [-0.3, -0.25) is 24.1 Å². The lowest BCUT2D eigenvalue weighted by molar-refractivity contribution is -0.131. The van der Waals surface area contributed by atoms with E-state index in [1.165, 1.54) is 30.1 Å². The minimum atomic E-state index is -1.33. The number of carbonyl (C=O) groups excluding carboxylic acids is 4. The second kappa shape index (κ2) is 10.7.